The van der Waals surface area contributed by atoms with E-state index in [1.807, 2.05) is 0 Å². The summed E-state index contributed by atoms with van der Waals surface area (Å²) in [6.45, 7) is 0. The maximum atomic E-state index is 8.58. The summed E-state index contributed by atoms with van der Waals surface area (Å²) >= 11 is 0. The van der Waals surface area contributed by atoms with Gasteiger partial charge in [-0.3, -0.25) is 0 Å². The van der Waals surface area contributed by atoms with E-state index in [9.17, 15) is 0 Å². The van der Waals surface area contributed by atoms with Gasteiger partial charge in [-0.2, -0.15) is 10.2 Å². The zero-order valence-electron chi connectivity index (χ0n) is 7.52. The van der Waals surface area contributed by atoms with Crippen LogP contribution in [0.3, 0.4) is 0 Å². The quantitative estimate of drug-likeness (QED) is 0.285. The molecule has 0 bridgehead atoms. The van der Waals surface area contributed by atoms with Gasteiger partial charge in [0.1, 0.15) is 12.7 Å². The van der Waals surface area contributed by atoms with E-state index in [0.717, 1.165) is 0 Å². The van der Waals surface area contributed by atoms with Crippen LogP contribution in [-0.4, -0.2) is 36.0 Å². The molecule has 8 heteroatoms. The topological polar surface area (TPSA) is 115 Å². The Labute approximate surface area is 84.1 Å². The van der Waals surface area contributed by atoms with Gasteiger partial charge in [-0.15, -0.1) is 5.10 Å². The molecule has 0 aromatic carbocycles. The van der Waals surface area contributed by atoms with Crippen molar-refractivity contribution >= 4 is 5.84 Å². The molecule has 3 N–H and O–H groups in total. The molecular formula is C7H7N7O. The van der Waals surface area contributed by atoms with E-state index in [2.05, 4.69) is 25.4 Å². The molecule has 2 rings (SSSR count). The highest BCUT2D eigenvalue weighted by atomic mass is 16.4. The fourth-order valence-electron chi connectivity index (χ4n) is 1.06. The summed E-state index contributed by atoms with van der Waals surface area (Å²) in [5.74, 6) is 0.292. The van der Waals surface area contributed by atoms with Crippen LogP contribution in [0.2, 0.25) is 0 Å². The molecule has 0 spiro atoms. The van der Waals surface area contributed by atoms with Gasteiger partial charge in [0, 0.05) is 0 Å². The Morgan fingerprint density at radius 1 is 1.53 bits per heavy atom. The van der Waals surface area contributed by atoms with Gasteiger partial charge >= 0.3 is 0 Å². The lowest BCUT2D eigenvalue weighted by Crippen LogP contribution is -2.18. The van der Waals surface area contributed by atoms with Crippen molar-refractivity contribution in [1.29, 1.82) is 0 Å². The molecule has 2 aromatic rings. The molecule has 2 aromatic heterocycles. The first kappa shape index (κ1) is 9.06. The summed E-state index contributed by atoms with van der Waals surface area (Å²) in [6.07, 6.45) is 4.23. The van der Waals surface area contributed by atoms with Crippen molar-refractivity contribution in [3.05, 3.63) is 30.5 Å². The molecule has 0 atom stereocenters. The smallest absolute Gasteiger partial charge is 0.188 e. The van der Waals surface area contributed by atoms with Crippen molar-refractivity contribution in [1.82, 2.24) is 25.0 Å². The van der Waals surface area contributed by atoms with Crippen molar-refractivity contribution < 1.29 is 5.21 Å². The van der Waals surface area contributed by atoms with Crippen LogP contribution in [0, 0.1) is 0 Å². The predicted octanol–water partition coefficient (Wildman–Crippen LogP) is -0.848. The van der Waals surface area contributed by atoms with Crippen molar-refractivity contribution in [3.63, 3.8) is 0 Å². The highest BCUT2D eigenvalue weighted by Gasteiger charge is 2.10. The van der Waals surface area contributed by atoms with Crippen molar-refractivity contribution in [3.8, 4) is 5.82 Å². The van der Waals surface area contributed by atoms with Gasteiger partial charge in [-0.05, 0) is 6.07 Å². The molecule has 2 heterocycles. The van der Waals surface area contributed by atoms with Crippen LogP contribution in [0.1, 0.15) is 5.56 Å². The molecule has 0 unspecified atom stereocenters. The third-order valence-corrected chi connectivity index (χ3v) is 1.72. The summed E-state index contributed by atoms with van der Waals surface area (Å²) in [4.78, 5) is 3.77. The summed E-state index contributed by atoms with van der Waals surface area (Å²) in [5, 5.41) is 22.9. The molecular weight excluding hydrogens is 198 g/mol. The normalized spacial score (nSPS) is 11.6. The first-order valence-corrected chi connectivity index (χ1v) is 3.97. The lowest BCUT2D eigenvalue weighted by molar-refractivity contribution is 0.318. The van der Waals surface area contributed by atoms with E-state index in [0.29, 0.717) is 11.4 Å². The molecule has 0 amide bonds. The molecule has 0 fully saturated rings. The lowest BCUT2D eigenvalue weighted by Gasteiger charge is -2.04. The van der Waals surface area contributed by atoms with Gasteiger partial charge in [0.25, 0.3) is 0 Å². The number of nitrogens with zero attached hydrogens (tertiary/aromatic N) is 6. The Hall–Kier alpha value is -2.51. The number of hydrogen-bond donors (Lipinski definition) is 2. The van der Waals surface area contributed by atoms with E-state index in [4.69, 9.17) is 10.9 Å². The molecule has 0 saturated carbocycles. The van der Waals surface area contributed by atoms with E-state index >= 15 is 0 Å². The van der Waals surface area contributed by atoms with Crippen LogP contribution in [0.4, 0.5) is 0 Å². The number of aromatic nitrogens is 5. The SMILES string of the molecule is N/C(=N/O)c1ccnnc1-n1cncn1. The van der Waals surface area contributed by atoms with Crippen molar-refractivity contribution in [2.45, 2.75) is 0 Å². The minimum atomic E-state index is -0.0598. The molecule has 8 nitrogen and oxygen atoms in total. The van der Waals surface area contributed by atoms with Crippen LogP contribution in [-0.2, 0) is 0 Å². The second kappa shape index (κ2) is 3.70. The number of nitrogens with two attached hydrogens (primary N) is 1. The minimum Gasteiger partial charge on any atom is -0.409 e. The van der Waals surface area contributed by atoms with Gasteiger partial charge in [0.2, 0.25) is 0 Å². The zero-order chi connectivity index (χ0) is 10.7. The predicted molar refractivity (Wildman–Crippen MR) is 49.5 cm³/mol. The Balaban J connectivity index is 2.57. The van der Waals surface area contributed by atoms with Crippen LogP contribution in [0.5, 0.6) is 0 Å². The highest BCUT2D eigenvalue weighted by molar-refractivity contribution is 5.99. The van der Waals surface area contributed by atoms with Crippen LogP contribution in [0.15, 0.2) is 30.1 Å². The fourth-order valence-corrected chi connectivity index (χ4v) is 1.06. The monoisotopic (exact) mass is 205 g/mol. The van der Waals surface area contributed by atoms with Crippen molar-refractivity contribution in [2.24, 2.45) is 10.9 Å². The second-order valence-electron chi connectivity index (χ2n) is 2.59. The molecule has 0 aliphatic heterocycles. The molecule has 0 radical (unpaired) electrons. The Morgan fingerprint density at radius 3 is 3.07 bits per heavy atom. The number of oxime groups is 1. The van der Waals surface area contributed by atoms with Crippen LogP contribution >= 0.6 is 0 Å². The largest absolute Gasteiger partial charge is 0.409 e. The van der Waals surface area contributed by atoms with Gasteiger partial charge in [0.15, 0.2) is 11.7 Å². The summed E-state index contributed by atoms with van der Waals surface area (Å²) in [6, 6.07) is 1.57. The summed E-state index contributed by atoms with van der Waals surface area (Å²) in [5.41, 5.74) is 5.90. The maximum absolute atomic E-state index is 8.58. The first-order valence-electron chi connectivity index (χ1n) is 3.97. The average molecular weight is 205 g/mol. The minimum absolute atomic E-state index is 0.0598. The maximum Gasteiger partial charge on any atom is 0.188 e. The van der Waals surface area contributed by atoms with E-state index < -0.39 is 0 Å². The van der Waals surface area contributed by atoms with Crippen LogP contribution in [0.25, 0.3) is 5.82 Å². The Morgan fingerprint density at radius 2 is 2.40 bits per heavy atom. The van der Waals surface area contributed by atoms with Gasteiger partial charge < -0.3 is 10.9 Å². The van der Waals surface area contributed by atoms with Crippen LogP contribution < -0.4 is 5.73 Å². The van der Waals surface area contributed by atoms with E-state index in [-0.39, 0.29) is 5.84 Å². The van der Waals surface area contributed by atoms with E-state index in [1.54, 1.807) is 6.07 Å². The highest BCUT2D eigenvalue weighted by Crippen LogP contribution is 2.07. The second-order valence-corrected chi connectivity index (χ2v) is 2.59. The van der Waals surface area contributed by atoms with Gasteiger partial charge in [0.05, 0.1) is 11.8 Å². The standard InChI is InChI=1S/C7H7N7O/c8-6(13-15)5-1-2-10-12-7(5)14-4-9-3-11-14/h1-4,15H,(H2,8,13). The zero-order valence-corrected chi connectivity index (χ0v) is 7.52. The third-order valence-electron chi connectivity index (χ3n) is 1.72. The number of amidine groups is 1. The summed E-state index contributed by atoms with van der Waals surface area (Å²) in [7, 11) is 0. The fraction of sp³-hybridized carbons (Fsp3) is 0. The lowest BCUT2D eigenvalue weighted by atomic mass is 10.2. The molecule has 0 saturated heterocycles. The average Bonchev–Trinajstić information content (AvgIpc) is 2.81. The van der Waals surface area contributed by atoms with Crippen molar-refractivity contribution in [2.75, 3.05) is 0 Å². The van der Waals surface area contributed by atoms with Gasteiger partial charge in [-0.1, -0.05) is 5.16 Å². The van der Waals surface area contributed by atoms with E-state index in [1.165, 1.54) is 23.5 Å². The number of hydrogen-bond acceptors (Lipinski definition) is 6. The summed E-state index contributed by atoms with van der Waals surface area (Å²) < 4.78 is 1.38. The molecule has 0 aliphatic rings. The Bertz CT molecular complexity index is 478. The van der Waals surface area contributed by atoms with Gasteiger partial charge in [-0.25, -0.2) is 9.67 Å². The Kier molecular flexibility index (Phi) is 2.23. The molecule has 76 valence electrons. The third kappa shape index (κ3) is 1.59. The molecule has 15 heavy (non-hydrogen) atoms. The molecule has 0 aliphatic carbocycles. The number of rotatable bonds is 2. The first-order chi connectivity index (χ1) is 7.33.